The van der Waals surface area contributed by atoms with Crippen LogP contribution in [0.25, 0.3) is 0 Å². The zero-order valence-corrected chi connectivity index (χ0v) is 11.0. The van der Waals surface area contributed by atoms with Crippen molar-refractivity contribution in [2.45, 2.75) is 6.92 Å². The summed E-state index contributed by atoms with van der Waals surface area (Å²) in [6.07, 6.45) is 0. The van der Waals surface area contributed by atoms with Gasteiger partial charge in [-0.2, -0.15) is 0 Å². The monoisotopic (exact) mass is 273 g/mol. The van der Waals surface area contributed by atoms with Crippen LogP contribution in [-0.2, 0) is 0 Å². The molecule has 0 radical (unpaired) electrons. The van der Waals surface area contributed by atoms with Gasteiger partial charge in [0.2, 0.25) is 0 Å². The number of hydrogen-bond acceptors (Lipinski definition) is 5. The van der Waals surface area contributed by atoms with Gasteiger partial charge in [-0.1, -0.05) is 12.1 Å². The Morgan fingerprint density at radius 1 is 1.30 bits per heavy atom. The first-order chi connectivity index (χ1) is 9.61. The summed E-state index contributed by atoms with van der Waals surface area (Å²) in [7, 11) is 0. The fraction of sp³-hybridized carbons (Fsp3) is 0.143. The smallest absolute Gasteiger partial charge is 0.315 e. The predicted octanol–water partition coefficient (Wildman–Crippen LogP) is 3.32. The molecule has 0 bridgehead atoms. The number of nitrogens with two attached hydrogens (primary N) is 1. The fourth-order valence-electron chi connectivity index (χ4n) is 1.85. The molecule has 20 heavy (non-hydrogen) atoms. The molecule has 0 aliphatic rings. The summed E-state index contributed by atoms with van der Waals surface area (Å²) < 4.78 is 5.39. The molecule has 2 rings (SSSR count). The Kier molecular flexibility index (Phi) is 4.05. The molecule has 0 unspecified atom stereocenters. The molecular formula is C14H15N3O3. The highest BCUT2D eigenvalue weighted by Gasteiger charge is 2.17. The van der Waals surface area contributed by atoms with Gasteiger partial charge in [0.1, 0.15) is 17.1 Å². The van der Waals surface area contributed by atoms with Crippen molar-refractivity contribution in [2.24, 2.45) is 0 Å². The lowest BCUT2D eigenvalue weighted by molar-refractivity contribution is -0.383. The third-order valence-corrected chi connectivity index (χ3v) is 2.67. The number of para-hydroxylation sites is 1. The van der Waals surface area contributed by atoms with Gasteiger partial charge in [-0.05, 0) is 31.2 Å². The first-order valence-corrected chi connectivity index (χ1v) is 6.14. The Morgan fingerprint density at radius 3 is 2.75 bits per heavy atom. The lowest BCUT2D eigenvalue weighted by atomic mass is 10.2. The van der Waals surface area contributed by atoms with Crippen LogP contribution in [-0.4, -0.2) is 11.5 Å². The Balaban J connectivity index is 2.32. The lowest BCUT2D eigenvalue weighted by Crippen LogP contribution is -2.01. The van der Waals surface area contributed by atoms with E-state index < -0.39 is 4.92 Å². The lowest BCUT2D eigenvalue weighted by Gasteiger charge is -2.10. The number of nitrogen functional groups attached to an aromatic ring is 1. The Bertz CT molecular complexity index is 629. The van der Waals surface area contributed by atoms with Gasteiger partial charge in [0.05, 0.1) is 11.5 Å². The zero-order chi connectivity index (χ0) is 14.5. The van der Waals surface area contributed by atoms with Gasteiger partial charge in [-0.15, -0.1) is 0 Å². The number of nitro groups is 1. The molecule has 6 nitrogen and oxygen atoms in total. The second-order valence-corrected chi connectivity index (χ2v) is 4.09. The minimum absolute atomic E-state index is 0.126. The molecule has 0 saturated carbocycles. The molecule has 0 aliphatic heterocycles. The van der Waals surface area contributed by atoms with Gasteiger partial charge < -0.3 is 15.8 Å². The molecule has 0 heterocycles. The van der Waals surface area contributed by atoms with E-state index in [2.05, 4.69) is 5.32 Å². The summed E-state index contributed by atoms with van der Waals surface area (Å²) in [6, 6.07) is 12.0. The molecular weight excluding hydrogens is 258 g/mol. The Hall–Kier alpha value is -2.76. The molecule has 0 fully saturated rings. The highest BCUT2D eigenvalue weighted by Crippen LogP contribution is 2.33. The van der Waals surface area contributed by atoms with E-state index in [9.17, 15) is 10.1 Å². The van der Waals surface area contributed by atoms with Crippen LogP contribution < -0.4 is 15.8 Å². The van der Waals surface area contributed by atoms with E-state index in [1.807, 2.05) is 19.1 Å². The van der Waals surface area contributed by atoms with Gasteiger partial charge in [0.15, 0.2) is 0 Å². The molecule has 0 aromatic heterocycles. The van der Waals surface area contributed by atoms with E-state index in [4.69, 9.17) is 10.5 Å². The zero-order valence-electron chi connectivity index (χ0n) is 11.0. The van der Waals surface area contributed by atoms with Gasteiger partial charge in [0, 0.05) is 11.8 Å². The predicted molar refractivity (Wildman–Crippen MR) is 78.4 cm³/mol. The maximum Gasteiger partial charge on any atom is 0.315 e. The van der Waals surface area contributed by atoms with Gasteiger partial charge >= 0.3 is 5.69 Å². The quantitative estimate of drug-likeness (QED) is 0.495. The first-order valence-electron chi connectivity index (χ1n) is 6.14. The van der Waals surface area contributed by atoms with Crippen LogP contribution in [0.15, 0.2) is 42.5 Å². The fourth-order valence-corrected chi connectivity index (χ4v) is 1.85. The minimum atomic E-state index is -0.496. The van der Waals surface area contributed by atoms with Crippen LogP contribution in [0.2, 0.25) is 0 Å². The standard InChI is InChI=1S/C14H15N3O3/c1-2-20-11-6-3-5-10(9-11)16-13-8-4-7-12(15)14(13)17(18)19/h3-9,16H,2,15H2,1H3. The maximum absolute atomic E-state index is 11.1. The minimum Gasteiger partial charge on any atom is -0.494 e. The molecule has 6 heteroatoms. The Labute approximate surface area is 116 Å². The van der Waals surface area contributed by atoms with E-state index in [1.165, 1.54) is 6.07 Å². The number of rotatable bonds is 5. The van der Waals surface area contributed by atoms with Crippen LogP contribution in [0, 0.1) is 10.1 Å². The average Bonchev–Trinajstić information content (AvgIpc) is 2.39. The van der Waals surface area contributed by atoms with E-state index in [1.54, 1.807) is 24.3 Å². The van der Waals surface area contributed by atoms with E-state index >= 15 is 0 Å². The highest BCUT2D eigenvalue weighted by molar-refractivity contribution is 5.78. The van der Waals surface area contributed by atoms with Gasteiger partial charge in [0.25, 0.3) is 0 Å². The Morgan fingerprint density at radius 2 is 2.05 bits per heavy atom. The van der Waals surface area contributed by atoms with Gasteiger partial charge in [-0.25, -0.2) is 0 Å². The highest BCUT2D eigenvalue weighted by atomic mass is 16.6. The third-order valence-electron chi connectivity index (χ3n) is 2.67. The van der Waals surface area contributed by atoms with Crippen LogP contribution in [0.5, 0.6) is 5.75 Å². The number of anilines is 3. The number of nitrogens with zero attached hydrogens (tertiary/aromatic N) is 1. The van der Waals surface area contributed by atoms with Crippen molar-refractivity contribution in [3.8, 4) is 5.75 Å². The summed E-state index contributed by atoms with van der Waals surface area (Å²) in [5, 5.41) is 14.1. The van der Waals surface area contributed by atoms with Crippen LogP contribution in [0.1, 0.15) is 6.92 Å². The second-order valence-electron chi connectivity index (χ2n) is 4.09. The summed E-state index contributed by atoms with van der Waals surface area (Å²) in [5.41, 5.74) is 6.69. The molecule has 2 aromatic carbocycles. The number of nitrogens with one attached hydrogen (secondary N) is 1. The van der Waals surface area contributed by atoms with E-state index in [0.717, 1.165) is 0 Å². The molecule has 0 spiro atoms. The third kappa shape index (κ3) is 2.97. The van der Waals surface area contributed by atoms with Gasteiger partial charge in [-0.3, -0.25) is 10.1 Å². The molecule has 104 valence electrons. The summed E-state index contributed by atoms with van der Waals surface area (Å²) in [4.78, 5) is 10.6. The topological polar surface area (TPSA) is 90.4 Å². The molecule has 0 atom stereocenters. The van der Waals surface area contributed by atoms with Crippen molar-refractivity contribution in [1.82, 2.24) is 0 Å². The largest absolute Gasteiger partial charge is 0.494 e. The number of nitro benzene ring substituents is 1. The molecule has 3 N–H and O–H groups in total. The van der Waals surface area contributed by atoms with Crippen molar-refractivity contribution in [2.75, 3.05) is 17.7 Å². The van der Waals surface area contributed by atoms with Crippen molar-refractivity contribution >= 4 is 22.7 Å². The first kappa shape index (κ1) is 13.7. The normalized spacial score (nSPS) is 10.1. The van der Waals surface area contributed by atoms with Crippen molar-refractivity contribution in [3.63, 3.8) is 0 Å². The average molecular weight is 273 g/mol. The van der Waals surface area contributed by atoms with E-state index in [0.29, 0.717) is 23.7 Å². The van der Waals surface area contributed by atoms with Crippen LogP contribution >= 0.6 is 0 Å². The number of benzene rings is 2. The summed E-state index contributed by atoms with van der Waals surface area (Å²) >= 11 is 0. The molecule has 2 aromatic rings. The van der Waals surface area contributed by atoms with Crippen molar-refractivity contribution in [3.05, 3.63) is 52.6 Å². The van der Waals surface area contributed by atoms with Crippen LogP contribution in [0.4, 0.5) is 22.7 Å². The number of ether oxygens (including phenoxy) is 1. The summed E-state index contributed by atoms with van der Waals surface area (Å²) in [6.45, 7) is 2.45. The number of hydrogen-bond donors (Lipinski definition) is 2. The molecule has 0 saturated heterocycles. The van der Waals surface area contributed by atoms with Crippen LogP contribution in [0.3, 0.4) is 0 Å². The molecule has 0 aliphatic carbocycles. The molecule has 0 amide bonds. The second kappa shape index (κ2) is 5.92. The maximum atomic E-state index is 11.1. The van der Waals surface area contributed by atoms with E-state index in [-0.39, 0.29) is 11.4 Å². The van der Waals surface area contributed by atoms with Crippen molar-refractivity contribution < 1.29 is 9.66 Å². The summed E-state index contributed by atoms with van der Waals surface area (Å²) in [5.74, 6) is 0.698. The SMILES string of the molecule is CCOc1cccc(Nc2cccc(N)c2[N+](=O)[O-])c1. The van der Waals surface area contributed by atoms with Crippen molar-refractivity contribution in [1.29, 1.82) is 0 Å².